The third-order valence-electron chi connectivity index (χ3n) is 4.96. The number of nitrogens with one attached hydrogen (secondary N) is 2. The molecule has 1 aromatic rings. The van der Waals surface area contributed by atoms with Gasteiger partial charge in [-0.05, 0) is 19.4 Å². The van der Waals surface area contributed by atoms with Crippen LogP contribution in [0.4, 0.5) is 19.1 Å². The summed E-state index contributed by atoms with van der Waals surface area (Å²) in [6, 6.07) is 1.35. The molecule has 1 atom stereocenters. The molecule has 0 aromatic carbocycles. The average Bonchev–Trinajstić information content (AvgIpc) is 3.21. The fourth-order valence-electron chi connectivity index (χ4n) is 3.53. The highest BCUT2D eigenvalue weighted by Crippen LogP contribution is 2.27. The zero-order valence-electron chi connectivity index (χ0n) is 16.6. The zero-order chi connectivity index (χ0) is 20.7. The van der Waals surface area contributed by atoms with Gasteiger partial charge in [0.25, 0.3) is 0 Å². The minimum Gasteiger partial charge on any atom is -0.379 e. The van der Waals surface area contributed by atoms with E-state index in [1.165, 1.54) is 0 Å². The van der Waals surface area contributed by atoms with Crippen molar-refractivity contribution in [2.45, 2.75) is 25.6 Å². The lowest BCUT2D eigenvalue weighted by atomic mass is 10.2. The van der Waals surface area contributed by atoms with Crippen LogP contribution >= 0.6 is 0 Å². The maximum Gasteiger partial charge on any atom is 0.433 e. The summed E-state index contributed by atoms with van der Waals surface area (Å²) in [5.41, 5.74) is -0.960. The zero-order valence-corrected chi connectivity index (χ0v) is 16.6. The first-order chi connectivity index (χ1) is 14.0. The van der Waals surface area contributed by atoms with Crippen molar-refractivity contribution < 1.29 is 17.9 Å². The summed E-state index contributed by atoms with van der Waals surface area (Å²) in [4.78, 5) is 16.7. The summed E-state index contributed by atoms with van der Waals surface area (Å²) >= 11 is 0. The van der Waals surface area contributed by atoms with Crippen molar-refractivity contribution in [3.05, 3.63) is 18.0 Å². The largest absolute Gasteiger partial charge is 0.433 e. The standard InChI is InChI=1S/C18H28F3N7O/c1-2-22-17(28-8-4-14(13-28)27-9-11-29-12-10-27)25-7-6-24-16-23-5-3-15(26-16)18(19,20)21/h3,5,14H,2,4,6-13H2,1H3,(H,22,25)(H,23,24,26). The monoisotopic (exact) mass is 415 g/mol. The Morgan fingerprint density at radius 3 is 2.83 bits per heavy atom. The molecule has 1 unspecified atom stereocenters. The predicted octanol–water partition coefficient (Wildman–Crippen LogP) is 1.28. The number of aliphatic imine (C=N–C) groups is 1. The molecule has 0 saturated carbocycles. The van der Waals surface area contributed by atoms with Crippen LogP contribution in [0.25, 0.3) is 0 Å². The molecule has 29 heavy (non-hydrogen) atoms. The summed E-state index contributed by atoms with van der Waals surface area (Å²) in [6.07, 6.45) is -2.30. The predicted molar refractivity (Wildman–Crippen MR) is 104 cm³/mol. The van der Waals surface area contributed by atoms with Crippen molar-refractivity contribution in [3.63, 3.8) is 0 Å². The van der Waals surface area contributed by atoms with E-state index < -0.39 is 11.9 Å². The van der Waals surface area contributed by atoms with Crippen LogP contribution in [0.1, 0.15) is 19.0 Å². The van der Waals surface area contributed by atoms with Gasteiger partial charge in [0.15, 0.2) is 5.96 Å². The minimum atomic E-state index is -4.48. The first-order valence-corrected chi connectivity index (χ1v) is 9.96. The number of alkyl halides is 3. The fourth-order valence-corrected chi connectivity index (χ4v) is 3.53. The highest BCUT2D eigenvalue weighted by atomic mass is 19.4. The molecule has 162 valence electrons. The van der Waals surface area contributed by atoms with Gasteiger partial charge in [-0.1, -0.05) is 0 Å². The lowest BCUT2D eigenvalue weighted by Crippen LogP contribution is -2.46. The highest BCUT2D eigenvalue weighted by molar-refractivity contribution is 5.80. The van der Waals surface area contributed by atoms with Crippen molar-refractivity contribution in [1.29, 1.82) is 0 Å². The van der Waals surface area contributed by atoms with Gasteiger partial charge in [0.05, 0.1) is 19.8 Å². The molecule has 2 N–H and O–H groups in total. The van der Waals surface area contributed by atoms with Gasteiger partial charge in [0.2, 0.25) is 5.95 Å². The van der Waals surface area contributed by atoms with Crippen LogP contribution in [0.5, 0.6) is 0 Å². The smallest absolute Gasteiger partial charge is 0.379 e. The van der Waals surface area contributed by atoms with Gasteiger partial charge in [-0.15, -0.1) is 0 Å². The van der Waals surface area contributed by atoms with Crippen molar-refractivity contribution in [2.24, 2.45) is 4.99 Å². The summed E-state index contributed by atoms with van der Waals surface area (Å²) in [6.45, 7) is 8.86. The average molecular weight is 415 g/mol. The van der Waals surface area contributed by atoms with E-state index >= 15 is 0 Å². The molecule has 0 spiro atoms. The van der Waals surface area contributed by atoms with Gasteiger partial charge in [0, 0.05) is 51.5 Å². The van der Waals surface area contributed by atoms with Gasteiger partial charge in [-0.3, -0.25) is 9.89 Å². The molecule has 0 amide bonds. The maximum absolute atomic E-state index is 12.7. The van der Waals surface area contributed by atoms with E-state index in [2.05, 4.69) is 35.4 Å². The van der Waals surface area contributed by atoms with E-state index in [4.69, 9.17) is 4.74 Å². The number of ether oxygens (including phenoxy) is 1. The number of halogens is 3. The van der Waals surface area contributed by atoms with E-state index in [1.54, 1.807) is 0 Å². The Morgan fingerprint density at radius 2 is 2.10 bits per heavy atom. The normalized spacial score (nSPS) is 21.4. The molecule has 11 heteroatoms. The number of nitrogens with zero attached hydrogens (tertiary/aromatic N) is 5. The van der Waals surface area contributed by atoms with Crippen LogP contribution in [-0.4, -0.2) is 90.8 Å². The van der Waals surface area contributed by atoms with Gasteiger partial charge < -0.3 is 20.3 Å². The molecule has 0 bridgehead atoms. The molecule has 3 heterocycles. The van der Waals surface area contributed by atoms with Crippen LogP contribution in [0.3, 0.4) is 0 Å². The quantitative estimate of drug-likeness (QED) is 0.412. The van der Waals surface area contributed by atoms with Crippen LogP contribution in [0.2, 0.25) is 0 Å². The van der Waals surface area contributed by atoms with Gasteiger partial charge in [-0.2, -0.15) is 13.2 Å². The highest BCUT2D eigenvalue weighted by Gasteiger charge is 2.33. The lowest BCUT2D eigenvalue weighted by Gasteiger charge is -2.32. The van der Waals surface area contributed by atoms with Gasteiger partial charge >= 0.3 is 6.18 Å². The van der Waals surface area contributed by atoms with Crippen molar-refractivity contribution in [2.75, 3.05) is 64.3 Å². The lowest BCUT2D eigenvalue weighted by molar-refractivity contribution is -0.141. The van der Waals surface area contributed by atoms with Crippen LogP contribution in [0, 0.1) is 0 Å². The van der Waals surface area contributed by atoms with Crippen molar-refractivity contribution in [1.82, 2.24) is 25.1 Å². The number of rotatable bonds is 6. The second kappa shape index (κ2) is 10.1. The second-order valence-electron chi connectivity index (χ2n) is 6.96. The topological polar surface area (TPSA) is 77.9 Å². The van der Waals surface area contributed by atoms with E-state index in [9.17, 15) is 13.2 Å². The number of aromatic nitrogens is 2. The Hall–Kier alpha value is -2.14. The van der Waals surface area contributed by atoms with E-state index in [0.717, 1.165) is 70.6 Å². The number of morpholine rings is 1. The number of hydrogen-bond acceptors (Lipinski definition) is 6. The number of guanidine groups is 1. The molecule has 1 aromatic heterocycles. The molecule has 8 nitrogen and oxygen atoms in total. The Balaban J connectivity index is 1.51. The fraction of sp³-hybridized carbons (Fsp3) is 0.722. The molecular formula is C18H28F3N7O. The van der Waals surface area contributed by atoms with E-state index in [0.29, 0.717) is 19.1 Å². The molecule has 2 aliphatic heterocycles. The third-order valence-corrected chi connectivity index (χ3v) is 4.96. The Kier molecular flexibility index (Phi) is 7.48. The first-order valence-electron chi connectivity index (χ1n) is 9.96. The van der Waals surface area contributed by atoms with E-state index in [-0.39, 0.29) is 5.95 Å². The summed E-state index contributed by atoms with van der Waals surface area (Å²) in [7, 11) is 0. The summed E-state index contributed by atoms with van der Waals surface area (Å²) < 4.78 is 43.6. The molecular weight excluding hydrogens is 387 g/mol. The van der Waals surface area contributed by atoms with Gasteiger partial charge in [-0.25, -0.2) is 9.97 Å². The molecule has 2 saturated heterocycles. The van der Waals surface area contributed by atoms with Crippen molar-refractivity contribution in [3.8, 4) is 0 Å². The molecule has 0 aliphatic carbocycles. The summed E-state index contributed by atoms with van der Waals surface area (Å²) in [5.74, 6) is 0.781. The molecule has 0 radical (unpaired) electrons. The second-order valence-corrected chi connectivity index (χ2v) is 6.96. The molecule has 2 fully saturated rings. The molecule has 2 aliphatic rings. The SMILES string of the molecule is CCNC(=NCCNc1nccc(C(F)(F)F)n1)N1CCC(N2CCOCC2)C1. The number of likely N-dealkylation sites (tertiary alicyclic amines) is 1. The van der Waals surface area contributed by atoms with Crippen LogP contribution in [-0.2, 0) is 10.9 Å². The minimum absolute atomic E-state index is 0.0476. The third kappa shape index (κ3) is 6.17. The van der Waals surface area contributed by atoms with Crippen LogP contribution < -0.4 is 10.6 Å². The maximum atomic E-state index is 12.7. The number of anilines is 1. The molecule has 3 rings (SSSR count). The van der Waals surface area contributed by atoms with E-state index in [1.807, 2.05) is 6.92 Å². The number of hydrogen-bond donors (Lipinski definition) is 2. The first kappa shape index (κ1) is 21.6. The van der Waals surface area contributed by atoms with Crippen LogP contribution in [0.15, 0.2) is 17.3 Å². The summed E-state index contributed by atoms with van der Waals surface area (Å²) in [5, 5.41) is 6.11. The Bertz CT molecular complexity index is 680. The van der Waals surface area contributed by atoms with Gasteiger partial charge in [0.1, 0.15) is 5.69 Å². The Labute approximate surface area is 168 Å². The Morgan fingerprint density at radius 1 is 1.31 bits per heavy atom. The van der Waals surface area contributed by atoms with Crippen molar-refractivity contribution >= 4 is 11.9 Å².